The smallest absolute Gasteiger partial charge is 0.277 e. The summed E-state index contributed by atoms with van der Waals surface area (Å²) in [7, 11) is 0. The number of aromatic nitrogens is 1. The molecular formula is C25H19N3O3. The Labute approximate surface area is 179 Å². The molecule has 0 saturated heterocycles. The van der Waals surface area contributed by atoms with E-state index in [0.717, 1.165) is 23.5 Å². The van der Waals surface area contributed by atoms with Crippen LogP contribution in [0.3, 0.4) is 0 Å². The Morgan fingerprint density at radius 1 is 0.839 bits per heavy atom. The highest BCUT2D eigenvalue weighted by Crippen LogP contribution is 2.31. The topological polar surface area (TPSA) is 68.4 Å². The predicted octanol–water partition coefficient (Wildman–Crippen LogP) is 5.27. The Morgan fingerprint density at radius 2 is 1.58 bits per heavy atom. The zero-order chi connectivity index (χ0) is 21.4. The zero-order valence-electron chi connectivity index (χ0n) is 16.6. The lowest BCUT2D eigenvalue weighted by Crippen LogP contribution is -2.30. The van der Waals surface area contributed by atoms with Crippen LogP contribution in [0.4, 0.5) is 11.4 Å². The highest BCUT2D eigenvalue weighted by molar-refractivity contribution is 6.06. The van der Waals surface area contributed by atoms with Crippen molar-refractivity contribution in [1.82, 2.24) is 4.57 Å². The van der Waals surface area contributed by atoms with Gasteiger partial charge in [0.15, 0.2) is 0 Å². The monoisotopic (exact) mass is 409 g/mol. The molecule has 0 fully saturated rings. The lowest BCUT2D eigenvalue weighted by molar-refractivity contribution is -0.384. The summed E-state index contributed by atoms with van der Waals surface area (Å²) < 4.78 is 2.16. The summed E-state index contributed by atoms with van der Waals surface area (Å²) in [5.41, 5.74) is 4.88. The van der Waals surface area contributed by atoms with Crippen LogP contribution in [0.15, 0.2) is 91.1 Å². The van der Waals surface area contributed by atoms with Crippen molar-refractivity contribution >= 4 is 17.3 Å². The number of para-hydroxylation sites is 2. The summed E-state index contributed by atoms with van der Waals surface area (Å²) >= 11 is 0. The van der Waals surface area contributed by atoms with E-state index in [2.05, 4.69) is 4.57 Å². The molecule has 1 aliphatic rings. The summed E-state index contributed by atoms with van der Waals surface area (Å²) in [6, 6.07) is 25.6. The second-order valence-electron chi connectivity index (χ2n) is 7.50. The van der Waals surface area contributed by atoms with Gasteiger partial charge in [-0.1, -0.05) is 42.5 Å². The van der Waals surface area contributed by atoms with Crippen LogP contribution in [0.1, 0.15) is 21.6 Å². The van der Waals surface area contributed by atoms with Crippen LogP contribution >= 0.6 is 0 Å². The fourth-order valence-electron chi connectivity index (χ4n) is 4.09. The molecule has 1 aromatic heterocycles. The first kappa shape index (κ1) is 18.8. The number of nitrogens with zero attached hydrogens (tertiary/aromatic N) is 3. The van der Waals surface area contributed by atoms with E-state index in [4.69, 9.17) is 0 Å². The molecule has 0 bridgehead atoms. The van der Waals surface area contributed by atoms with Crippen LogP contribution in [0.5, 0.6) is 0 Å². The standard InChI is InChI=1S/C25H19N3O3/c29-25(19-13-11-18(12-14-19)22-8-2-4-10-24(22)28(30)31)27-17-21-7-5-15-26(21)16-20-6-1-3-9-23(20)27/h1-15H,16-17H2. The van der Waals surface area contributed by atoms with Crippen molar-refractivity contribution in [2.75, 3.05) is 4.90 Å². The number of anilines is 1. The number of benzene rings is 3. The number of rotatable bonds is 3. The molecule has 0 atom stereocenters. The number of hydrogen-bond donors (Lipinski definition) is 0. The maximum absolute atomic E-state index is 13.5. The number of carbonyl (C=O) groups excluding carboxylic acids is 1. The lowest BCUT2D eigenvalue weighted by atomic mass is 10.0. The van der Waals surface area contributed by atoms with Crippen molar-refractivity contribution in [2.24, 2.45) is 0 Å². The summed E-state index contributed by atoms with van der Waals surface area (Å²) in [5.74, 6) is -0.101. The minimum absolute atomic E-state index is 0.0452. The number of nitro groups is 1. The highest BCUT2D eigenvalue weighted by atomic mass is 16.6. The first-order valence-electron chi connectivity index (χ1n) is 9.99. The fraction of sp³-hybridized carbons (Fsp3) is 0.0800. The normalized spacial score (nSPS) is 12.6. The molecule has 2 heterocycles. The number of hydrogen-bond acceptors (Lipinski definition) is 3. The van der Waals surface area contributed by atoms with Crippen molar-refractivity contribution in [3.8, 4) is 11.1 Å². The third-order valence-electron chi connectivity index (χ3n) is 5.66. The van der Waals surface area contributed by atoms with Gasteiger partial charge >= 0.3 is 0 Å². The Bertz CT molecular complexity index is 1290. The second kappa shape index (κ2) is 7.57. The summed E-state index contributed by atoms with van der Waals surface area (Å²) in [5, 5.41) is 11.3. The van der Waals surface area contributed by atoms with Gasteiger partial charge in [0.1, 0.15) is 0 Å². The lowest BCUT2D eigenvalue weighted by Gasteiger charge is -2.23. The van der Waals surface area contributed by atoms with E-state index < -0.39 is 4.92 Å². The van der Waals surface area contributed by atoms with Gasteiger partial charge in [-0.05, 0) is 47.5 Å². The van der Waals surface area contributed by atoms with Gasteiger partial charge in [-0.2, -0.15) is 0 Å². The van der Waals surface area contributed by atoms with Gasteiger partial charge in [0.25, 0.3) is 11.6 Å². The SMILES string of the molecule is O=C(c1ccc(-c2ccccc2[N+](=O)[O-])cc1)N1Cc2cccn2Cc2ccccc21. The third-order valence-corrected chi connectivity index (χ3v) is 5.66. The van der Waals surface area contributed by atoms with Crippen molar-refractivity contribution in [2.45, 2.75) is 13.1 Å². The van der Waals surface area contributed by atoms with E-state index in [1.165, 1.54) is 6.07 Å². The second-order valence-corrected chi connectivity index (χ2v) is 7.50. The van der Waals surface area contributed by atoms with Gasteiger partial charge in [0, 0.05) is 35.8 Å². The van der Waals surface area contributed by atoms with Gasteiger partial charge in [-0.3, -0.25) is 14.9 Å². The maximum Gasteiger partial charge on any atom is 0.277 e. The first-order chi connectivity index (χ1) is 15.1. The Kier molecular flexibility index (Phi) is 4.59. The number of nitro benzene ring substituents is 1. The summed E-state index contributed by atoms with van der Waals surface area (Å²) in [6.07, 6.45) is 2.03. The molecule has 3 aromatic carbocycles. The molecule has 0 saturated carbocycles. The Morgan fingerprint density at radius 3 is 2.39 bits per heavy atom. The van der Waals surface area contributed by atoms with Gasteiger partial charge in [0.05, 0.1) is 17.0 Å². The van der Waals surface area contributed by atoms with E-state index in [0.29, 0.717) is 23.2 Å². The molecule has 0 N–H and O–H groups in total. The largest absolute Gasteiger partial charge is 0.345 e. The number of carbonyl (C=O) groups is 1. The van der Waals surface area contributed by atoms with Crippen LogP contribution in [0.25, 0.3) is 11.1 Å². The van der Waals surface area contributed by atoms with E-state index >= 15 is 0 Å². The maximum atomic E-state index is 13.5. The predicted molar refractivity (Wildman–Crippen MR) is 119 cm³/mol. The molecule has 6 nitrogen and oxygen atoms in total. The van der Waals surface area contributed by atoms with Crippen LogP contribution in [-0.2, 0) is 13.1 Å². The Hall–Kier alpha value is -4.19. The summed E-state index contributed by atoms with van der Waals surface area (Å²) in [4.78, 5) is 26.2. The molecule has 1 amide bonds. The van der Waals surface area contributed by atoms with Gasteiger partial charge in [-0.15, -0.1) is 0 Å². The number of amides is 1. The van der Waals surface area contributed by atoms with Crippen LogP contribution in [-0.4, -0.2) is 15.4 Å². The third kappa shape index (κ3) is 3.38. The zero-order valence-corrected chi connectivity index (χ0v) is 16.6. The molecule has 0 spiro atoms. The van der Waals surface area contributed by atoms with Crippen LogP contribution in [0, 0.1) is 10.1 Å². The minimum Gasteiger partial charge on any atom is -0.345 e. The Balaban J connectivity index is 1.50. The van der Waals surface area contributed by atoms with Crippen LogP contribution in [0.2, 0.25) is 0 Å². The van der Waals surface area contributed by atoms with Gasteiger partial charge in [0.2, 0.25) is 0 Å². The van der Waals surface area contributed by atoms with Crippen molar-refractivity contribution in [3.63, 3.8) is 0 Å². The molecule has 4 aromatic rings. The fourth-order valence-corrected chi connectivity index (χ4v) is 4.09. The highest BCUT2D eigenvalue weighted by Gasteiger charge is 2.25. The summed E-state index contributed by atoms with van der Waals surface area (Å²) in [6.45, 7) is 1.20. The van der Waals surface area contributed by atoms with E-state index in [9.17, 15) is 14.9 Å². The van der Waals surface area contributed by atoms with E-state index in [1.54, 1.807) is 47.4 Å². The van der Waals surface area contributed by atoms with Gasteiger partial charge < -0.3 is 9.47 Å². The molecule has 152 valence electrons. The molecule has 0 aliphatic carbocycles. The quantitative estimate of drug-likeness (QED) is 0.342. The minimum atomic E-state index is -0.391. The molecule has 0 unspecified atom stereocenters. The van der Waals surface area contributed by atoms with Crippen LogP contribution < -0.4 is 4.90 Å². The van der Waals surface area contributed by atoms with Gasteiger partial charge in [-0.25, -0.2) is 0 Å². The number of fused-ring (bicyclic) bond motifs is 2. The molecule has 6 heteroatoms. The van der Waals surface area contributed by atoms with Crippen molar-refractivity contribution in [3.05, 3.63) is 118 Å². The van der Waals surface area contributed by atoms with Crippen molar-refractivity contribution < 1.29 is 9.72 Å². The van der Waals surface area contributed by atoms with E-state index in [-0.39, 0.29) is 11.6 Å². The molecule has 5 rings (SSSR count). The van der Waals surface area contributed by atoms with Crippen molar-refractivity contribution in [1.29, 1.82) is 0 Å². The molecule has 0 radical (unpaired) electrons. The molecule has 31 heavy (non-hydrogen) atoms. The van der Waals surface area contributed by atoms with E-state index in [1.807, 2.05) is 42.6 Å². The first-order valence-corrected chi connectivity index (χ1v) is 9.99. The average molecular weight is 409 g/mol. The molecule has 1 aliphatic heterocycles. The average Bonchev–Trinajstić information content (AvgIpc) is 3.17. The molecular weight excluding hydrogens is 390 g/mol.